The average molecular weight is 327 g/mol. The van der Waals surface area contributed by atoms with Crippen LogP contribution in [0.4, 0.5) is 10.5 Å². The third-order valence-corrected chi connectivity index (χ3v) is 4.13. The summed E-state index contributed by atoms with van der Waals surface area (Å²) in [6.07, 6.45) is 0. The van der Waals surface area contributed by atoms with Gasteiger partial charge in [0, 0.05) is 16.6 Å². The summed E-state index contributed by atoms with van der Waals surface area (Å²) >= 11 is 0. The highest BCUT2D eigenvalue weighted by Crippen LogP contribution is 2.27. The van der Waals surface area contributed by atoms with Crippen LogP contribution in [0.25, 0.3) is 22.2 Å². The molecule has 0 unspecified atom stereocenters. The highest BCUT2D eigenvalue weighted by atomic mass is 16.2. The number of hydrogen-bond acceptors (Lipinski definition) is 2. The molecule has 0 bridgehead atoms. The Bertz CT molecular complexity index is 1030. The number of aryl methyl sites for hydroxylation is 1. The van der Waals surface area contributed by atoms with Gasteiger partial charge in [0.1, 0.15) is 5.69 Å². The first-order valence-electron chi connectivity index (χ1n) is 8.13. The molecular weight excluding hydrogens is 310 g/mol. The van der Waals surface area contributed by atoms with Crippen LogP contribution < -0.4 is 5.32 Å². The number of nitrogens with zero attached hydrogens (tertiary/aromatic N) is 2. The van der Waals surface area contributed by atoms with Crippen molar-refractivity contribution in [3.63, 3.8) is 0 Å². The van der Waals surface area contributed by atoms with Gasteiger partial charge in [0.05, 0.1) is 5.52 Å². The number of amides is 1. The monoisotopic (exact) mass is 327 g/mol. The molecule has 1 N–H and O–H groups in total. The fraction of sp³-hybridized carbons (Fsp3) is 0.0476. The molecule has 0 aliphatic rings. The maximum Gasteiger partial charge on any atom is 0.347 e. The van der Waals surface area contributed by atoms with Crippen molar-refractivity contribution in [1.82, 2.24) is 9.78 Å². The Labute approximate surface area is 145 Å². The quantitative estimate of drug-likeness (QED) is 0.557. The molecule has 0 aliphatic carbocycles. The van der Waals surface area contributed by atoms with Crippen molar-refractivity contribution in [2.75, 3.05) is 5.32 Å². The first-order valence-corrected chi connectivity index (χ1v) is 8.13. The van der Waals surface area contributed by atoms with Crippen LogP contribution in [0.15, 0.2) is 78.9 Å². The number of para-hydroxylation sites is 1. The maximum absolute atomic E-state index is 12.7. The zero-order valence-electron chi connectivity index (χ0n) is 13.8. The molecule has 0 spiro atoms. The second kappa shape index (κ2) is 6.24. The van der Waals surface area contributed by atoms with E-state index in [0.717, 1.165) is 33.4 Å². The second-order valence-electron chi connectivity index (χ2n) is 5.94. The van der Waals surface area contributed by atoms with Crippen molar-refractivity contribution in [3.8, 4) is 11.3 Å². The maximum atomic E-state index is 12.7. The summed E-state index contributed by atoms with van der Waals surface area (Å²) in [6, 6.07) is 25.1. The van der Waals surface area contributed by atoms with E-state index in [1.165, 1.54) is 4.68 Å². The van der Waals surface area contributed by atoms with E-state index >= 15 is 0 Å². The molecule has 0 saturated carbocycles. The molecular formula is C21H17N3O. The van der Waals surface area contributed by atoms with Crippen molar-refractivity contribution in [1.29, 1.82) is 0 Å². The van der Waals surface area contributed by atoms with Gasteiger partial charge in [-0.3, -0.25) is 0 Å². The molecule has 0 radical (unpaired) electrons. The molecule has 1 aromatic heterocycles. The van der Waals surface area contributed by atoms with Gasteiger partial charge in [0.25, 0.3) is 0 Å². The number of anilines is 1. The summed E-state index contributed by atoms with van der Waals surface area (Å²) < 4.78 is 1.43. The number of nitrogens with one attached hydrogen (secondary N) is 1. The Morgan fingerprint density at radius 3 is 2.32 bits per heavy atom. The number of carbonyl (C=O) groups is 1. The van der Waals surface area contributed by atoms with Crippen molar-refractivity contribution >= 4 is 22.6 Å². The van der Waals surface area contributed by atoms with Crippen LogP contribution >= 0.6 is 0 Å². The molecule has 0 fully saturated rings. The lowest BCUT2D eigenvalue weighted by Crippen LogP contribution is -2.20. The number of carbonyl (C=O) groups excluding carboxylic acids is 1. The molecule has 0 aliphatic heterocycles. The Morgan fingerprint density at radius 1 is 0.880 bits per heavy atom. The molecule has 3 aromatic carbocycles. The number of rotatable bonds is 2. The van der Waals surface area contributed by atoms with Crippen LogP contribution in [0.1, 0.15) is 5.56 Å². The molecule has 1 amide bonds. The van der Waals surface area contributed by atoms with E-state index < -0.39 is 0 Å². The fourth-order valence-electron chi connectivity index (χ4n) is 2.84. The van der Waals surface area contributed by atoms with E-state index in [-0.39, 0.29) is 6.03 Å². The Balaban J connectivity index is 1.77. The van der Waals surface area contributed by atoms with E-state index in [2.05, 4.69) is 10.4 Å². The SMILES string of the molecule is Cc1ccc(NC(=O)n2nc(-c3ccccc3)c3ccccc32)cc1. The first-order chi connectivity index (χ1) is 12.2. The van der Waals surface area contributed by atoms with Gasteiger partial charge in [-0.2, -0.15) is 9.78 Å². The van der Waals surface area contributed by atoms with E-state index in [4.69, 9.17) is 0 Å². The summed E-state index contributed by atoms with van der Waals surface area (Å²) in [5.41, 5.74) is 4.46. The van der Waals surface area contributed by atoms with Crippen LogP contribution in [0.2, 0.25) is 0 Å². The minimum Gasteiger partial charge on any atom is -0.306 e. The molecule has 0 saturated heterocycles. The lowest BCUT2D eigenvalue weighted by atomic mass is 10.1. The molecule has 1 heterocycles. The zero-order chi connectivity index (χ0) is 17.2. The third-order valence-electron chi connectivity index (χ3n) is 4.13. The fourth-order valence-corrected chi connectivity index (χ4v) is 2.84. The Hall–Kier alpha value is -3.40. The van der Waals surface area contributed by atoms with E-state index in [1.54, 1.807) is 0 Å². The predicted octanol–water partition coefficient (Wildman–Crippen LogP) is 5.09. The minimum atomic E-state index is -0.276. The standard InChI is InChI=1S/C21H17N3O/c1-15-11-13-17(14-12-15)22-21(25)24-19-10-6-5-9-18(19)20(23-24)16-7-3-2-4-8-16/h2-14H,1H3,(H,22,25). The highest BCUT2D eigenvalue weighted by molar-refractivity contribution is 6.02. The second-order valence-corrected chi connectivity index (χ2v) is 5.94. The molecule has 122 valence electrons. The number of aromatic nitrogens is 2. The molecule has 4 rings (SSSR count). The number of benzene rings is 3. The summed E-state index contributed by atoms with van der Waals surface area (Å²) in [6.45, 7) is 2.01. The largest absolute Gasteiger partial charge is 0.347 e. The average Bonchev–Trinajstić information content (AvgIpc) is 3.04. The van der Waals surface area contributed by atoms with Crippen molar-refractivity contribution in [3.05, 3.63) is 84.4 Å². The summed E-state index contributed by atoms with van der Waals surface area (Å²) in [5, 5.41) is 8.43. The molecule has 4 heteroatoms. The smallest absolute Gasteiger partial charge is 0.306 e. The van der Waals surface area contributed by atoms with E-state index in [0.29, 0.717) is 0 Å². The van der Waals surface area contributed by atoms with Gasteiger partial charge >= 0.3 is 6.03 Å². The first kappa shape index (κ1) is 15.1. The molecule has 4 nitrogen and oxygen atoms in total. The number of hydrogen-bond donors (Lipinski definition) is 1. The Morgan fingerprint density at radius 2 is 1.56 bits per heavy atom. The van der Waals surface area contributed by atoms with Gasteiger partial charge < -0.3 is 5.32 Å². The van der Waals surface area contributed by atoms with E-state index in [9.17, 15) is 4.79 Å². The third kappa shape index (κ3) is 2.90. The molecule has 4 aromatic rings. The van der Waals surface area contributed by atoms with Gasteiger partial charge in [-0.1, -0.05) is 66.2 Å². The van der Waals surface area contributed by atoms with Crippen LogP contribution in [-0.2, 0) is 0 Å². The lowest BCUT2D eigenvalue weighted by Gasteiger charge is -2.06. The van der Waals surface area contributed by atoms with Crippen molar-refractivity contribution in [2.45, 2.75) is 6.92 Å². The predicted molar refractivity (Wildman–Crippen MR) is 101 cm³/mol. The minimum absolute atomic E-state index is 0.276. The van der Waals surface area contributed by atoms with E-state index in [1.807, 2.05) is 85.8 Å². The van der Waals surface area contributed by atoms with Crippen molar-refractivity contribution < 1.29 is 4.79 Å². The lowest BCUT2D eigenvalue weighted by molar-refractivity contribution is 0.252. The van der Waals surface area contributed by atoms with Crippen LogP contribution in [-0.4, -0.2) is 15.8 Å². The van der Waals surface area contributed by atoms with Gasteiger partial charge in [0.15, 0.2) is 0 Å². The van der Waals surface area contributed by atoms with Crippen LogP contribution in [0.3, 0.4) is 0 Å². The van der Waals surface area contributed by atoms with Crippen LogP contribution in [0, 0.1) is 6.92 Å². The van der Waals surface area contributed by atoms with Gasteiger partial charge in [0.2, 0.25) is 0 Å². The summed E-state index contributed by atoms with van der Waals surface area (Å²) in [5.74, 6) is 0. The highest BCUT2D eigenvalue weighted by Gasteiger charge is 2.16. The summed E-state index contributed by atoms with van der Waals surface area (Å²) in [7, 11) is 0. The normalized spacial score (nSPS) is 10.8. The van der Waals surface area contributed by atoms with Gasteiger partial charge in [-0.15, -0.1) is 0 Å². The van der Waals surface area contributed by atoms with Gasteiger partial charge in [-0.05, 0) is 25.1 Å². The Kier molecular flexibility index (Phi) is 3.78. The van der Waals surface area contributed by atoms with Crippen LogP contribution in [0.5, 0.6) is 0 Å². The topological polar surface area (TPSA) is 46.9 Å². The molecule has 25 heavy (non-hydrogen) atoms. The summed E-state index contributed by atoms with van der Waals surface area (Å²) in [4.78, 5) is 12.7. The zero-order valence-corrected chi connectivity index (χ0v) is 13.8. The van der Waals surface area contributed by atoms with Gasteiger partial charge in [-0.25, -0.2) is 4.79 Å². The van der Waals surface area contributed by atoms with Crippen molar-refractivity contribution in [2.24, 2.45) is 0 Å². The number of fused-ring (bicyclic) bond motifs is 1. The molecule has 0 atom stereocenters.